The molecule has 4 saturated carbocycles. The van der Waals surface area contributed by atoms with Crippen LogP contribution in [0.3, 0.4) is 0 Å². The molecule has 6 aliphatic rings. The van der Waals surface area contributed by atoms with E-state index >= 15 is 0 Å². The van der Waals surface area contributed by atoms with Gasteiger partial charge in [0.05, 0.1) is 26.4 Å². The molecule has 2 spiro atoms. The van der Waals surface area contributed by atoms with Gasteiger partial charge in [0.25, 0.3) is 0 Å². The van der Waals surface area contributed by atoms with Crippen molar-refractivity contribution in [2.24, 2.45) is 34.5 Å². The standard InChI is InChI=1S/C25H38O4/c1-4-17-15-18-19(22(2)9-10-24(16-21(17)22)26-11-12-27-24)5-7-23(3)20(18)6-8-25(23)28-13-14-29-25/h4,18-21H,5-16H2,1-3H3/b17-4+/t18-,19+,20+,21?,22-,23+/m1/s1. The van der Waals surface area contributed by atoms with Crippen molar-refractivity contribution >= 4 is 0 Å². The summed E-state index contributed by atoms with van der Waals surface area (Å²) >= 11 is 0. The summed E-state index contributed by atoms with van der Waals surface area (Å²) in [6.07, 6.45) is 12.0. The number of rotatable bonds is 0. The largest absolute Gasteiger partial charge is 0.348 e. The first kappa shape index (κ1) is 19.3. The molecule has 0 aromatic carbocycles. The van der Waals surface area contributed by atoms with Gasteiger partial charge in [0.1, 0.15) is 0 Å². The van der Waals surface area contributed by atoms with Crippen LogP contribution in [0, 0.1) is 34.5 Å². The zero-order valence-electron chi connectivity index (χ0n) is 18.5. The third kappa shape index (κ3) is 2.41. The summed E-state index contributed by atoms with van der Waals surface area (Å²) in [5.41, 5.74) is 2.23. The quantitative estimate of drug-likeness (QED) is 0.530. The molecule has 1 unspecified atom stereocenters. The highest BCUT2D eigenvalue weighted by Crippen LogP contribution is 2.71. The molecule has 0 aromatic rings. The lowest BCUT2D eigenvalue weighted by molar-refractivity contribution is -0.252. The number of allylic oxidation sites excluding steroid dienone is 2. The molecule has 2 heterocycles. The topological polar surface area (TPSA) is 36.9 Å². The number of hydrogen-bond acceptors (Lipinski definition) is 4. The SMILES string of the molecule is C/C=C1\C[C@@H]2[C@H](CC[C@@]3(C)[C@H]2CCC32OCCO2)[C@@]2(C)CCC3(CC12)OCCO3. The average molecular weight is 403 g/mol. The van der Waals surface area contributed by atoms with Crippen molar-refractivity contribution in [3.8, 4) is 0 Å². The van der Waals surface area contributed by atoms with Gasteiger partial charge in [0.2, 0.25) is 0 Å². The van der Waals surface area contributed by atoms with Crippen LogP contribution in [0.25, 0.3) is 0 Å². The molecule has 0 aromatic heterocycles. The maximum Gasteiger partial charge on any atom is 0.174 e. The van der Waals surface area contributed by atoms with Crippen LogP contribution in [-0.2, 0) is 18.9 Å². The molecule has 2 saturated heterocycles. The van der Waals surface area contributed by atoms with Crippen molar-refractivity contribution < 1.29 is 18.9 Å². The van der Waals surface area contributed by atoms with Gasteiger partial charge in [0.15, 0.2) is 11.6 Å². The van der Waals surface area contributed by atoms with Crippen molar-refractivity contribution in [1.29, 1.82) is 0 Å². The second-order valence-electron chi connectivity index (χ2n) is 11.3. The molecule has 6 rings (SSSR count). The van der Waals surface area contributed by atoms with Gasteiger partial charge in [-0.15, -0.1) is 0 Å². The Labute approximate surface area is 175 Å². The Bertz CT molecular complexity index is 704. The van der Waals surface area contributed by atoms with Crippen LogP contribution in [-0.4, -0.2) is 38.0 Å². The van der Waals surface area contributed by atoms with E-state index in [0.717, 1.165) is 63.4 Å². The van der Waals surface area contributed by atoms with E-state index in [1.54, 1.807) is 5.57 Å². The van der Waals surface area contributed by atoms with Crippen LogP contribution in [0.2, 0.25) is 0 Å². The summed E-state index contributed by atoms with van der Waals surface area (Å²) in [6.45, 7) is 10.4. The van der Waals surface area contributed by atoms with Gasteiger partial charge >= 0.3 is 0 Å². The van der Waals surface area contributed by atoms with Crippen molar-refractivity contribution in [2.45, 2.75) is 83.7 Å². The van der Waals surface area contributed by atoms with Gasteiger partial charge in [-0.1, -0.05) is 25.5 Å². The van der Waals surface area contributed by atoms with E-state index in [2.05, 4.69) is 26.8 Å². The third-order valence-electron chi connectivity index (χ3n) is 10.5. The predicted octanol–water partition coefficient (Wildman–Crippen LogP) is 5.07. The Hall–Kier alpha value is -0.420. The summed E-state index contributed by atoms with van der Waals surface area (Å²) in [5.74, 6) is 2.33. The van der Waals surface area contributed by atoms with E-state index in [-0.39, 0.29) is 17.0 Å². The van der Waals surface area contributed by atoms with E-state index in [1.807, 2.05) is 0 Å². The fourth-order valence-corrected chi connectivity index (χ4v) is 9.05. The molecule has 4 nitrogen and oxygen atoms in total. The molecule has 162 valence electrons. The van der Waals surface area contributed by atoms with Crippen LogP contribution in [0.4, 0.5) is 0 Å². The normalized spacial score (nSPS) is 51.3. The smallest absolute Gasteiger partial charge is 0.174 e. The molecular weight excluding hydrogens is 364 g/mol. The highest BCUT2D eigenvalue weighted by Gasteiger charge is 2.68. The fraction of sp³-hybridized carbons (Fsp3) is 0.920. The molecule has 0 N–H and O–H groups in total. The molecular formula is C25H38O4. The molecule has 6 atom stereocenters. The lowest BCUT2D eigenvalue weighted by Crippen LogP contribution is -2.59. The third-order valence-corrected chi connectivity index (χ3v) is 10.5. The highest BCUT2D eigenvalue weighted by atomic mass is 16.7. The van der Waals surface area contributed by atoms with Gasteiger partial charge in [-0.25, -0.2) is 0 Å². The Morgan fingerprint density at radius 2 is 1.52 bits per heavy atom. The van der Waals surface area contributed by atoms with Crippen LogP contribution >= 0.6 is 0 Å². The van der Waals surface area contributed by atoms with Crippen LogP contribution < -0.4 is 0 Å². The van der Waals surface area contributed by atoms with Crippen molar-refractivity contribution in [3.63, 3.8) is 0 Å². The van der Waals surface area contributed by atoms with Crippen LogP contribution in [0.1, 0.15) is 72.1 Å². The van der Waals surface area contributed by atoms with Crippen LogP contribution in [0.15, 0.2) is 11.6 Å². The summed E-state index contributed by atoms with van der Waals surface area (Å²) < 4.78 is 25.0. The highest BCUT2D eigenvalue weighted by molar-refractivity contribution is 5.24. The van der Waals surface area contributed by atoms with E-state index < -0.39 is 0 Å². The maximum absolute atomic E-state index is 6.33. The zero-order valence-corrected chi connectivity index (χ0v) is 18.5. The van der Waals surface area contributed by atoms with Gasteiger partial charge in [-0.05, 0) is 68.1 Å². The average Bonchev–Trinajstić information content (AvgIpc) is 3.44. The first-order valence-electron chi connectivity index (χ1n) is 12.2. The minimum Gasteiger partial charge on any atom is -0.348 e. The lowest BCUT2D eigenvalue weighted by Gasteiger charge is -2.63. The fourth-order valence-electron chi connectivity index (χ4n) is 9.05. The first-order chi connectivity index (χ1) is 14.0. The van der Waals surface area contributed by atoms with Crippen molar-refractivity contribution in [2.75, 3.05) is 26.4 Å². The maximum atomic E-state index is 6.33. The molecule has 2 aliphatic heterocycles. The second-order valence-corrected chi connectivity index (χ2v) is 11.3. The Balaban J connectivity index is 1.34. The monoisotopic (exact) mass is 402 g/mol. The molecule has 4 heteroatoms. The number of ether oxygens (including phenoxy) is 4. The zero-order chi connectivity index (χ0) is 19.9. The van der Waals surface area contributed by atoms with Crippen LogP contribution in [0.5, 0.6) is 0 Å². The molecule has 0 radical (unpaired) electrons. The first-order valence-corrected chi connectivity index (χ1v) is 12.2. The Kier molecular flexibility index (Phi) is 4.19. The van der Waals surface area contributed by atoms with E-state index in [9.17, 15) is 0 Å². The summed E-state index contributed by atoms with van der Waals surface area (Å²) in [6, 6.07) is 0. The van der Waals surface area contributed by atoms with Gasteiger partial charge in [-0.2, -0.15) is 0 Å². The minimum atomic E-state index is -0.294. The van der Waals surface area contributed by atoms with E-state index in [4.69, 9.17) is 18.9 Å². The second kappa shape index (κ2) is 6.31. The molecule has 6 fully saturated rings. The Morgan fingerprint density at radius 3 is 2.24 bits per heavy atom. The lowest BCUT2D eigenvalue weighted by atomic mass is 9.43. The molecule has 29 heavy (non-hydrogen) atoms. The van der Waals surface area contributed by atoms with Gasteiger partial charge in [-0.3, -0.25) is 0 Å². The van der Waals surface area contributed by atoms with Crippen molar-refractivity contribution in [3.05, 3.63) is 11.6 Å². The molecule has 0 amide bonds. The predicted molar refractivity (Wildman–Crippen MR) is 110 cm³/mol. The minimum absolute atomic E-state index is 0.181. The van der Waals surface area contributed by atoms with Gasteiger partial charge in [0, 0.05) is 24.7 Å². The van der Waals surface area contributed by atoms with Crippen molar-refractivity contribution in [1.82, 2.24) is 0 Å². The summed E-state index contributed by atoms with van der Waals surface area (Å²) in [7, 11) is 0. The Morgan fingerprint density at radius 1 is 0.828 bits per heavy atom. The number of fused-ring (bicyclic) bond motifs is 6. The molecule has 4 aliphatic carbocycles. The summed E-state index contributed by atoms with van der Waals surface area (Å²) in [5, 5.41) is 0. The molecule has 0 bridgehead atoms. The summed E-state index contributed by atoms with van der Waals surface area (Å²) in [4.78, 5) is 0. The van der Waals surface area contributed by atoms with E-state index in [0.29, 0.717) is 11.3 Å². The van der Waals surface area contributed by atoms with E-state index in [1.165, 1.54) is 32.1 Å². The number of hydrogen-bond donors (Lipinski definition) is 0. The van der Waals surface area contributed by atoms with Gasteiger partial charge < -0.3 is 18.9 Å².